The van der Waals surface area contributed by atoms with Gasteiger partial charge in [0.15, 0.2) is 0 Å². The van der Waals surface area contributed by atoms with Crippen molar-refractivity contribution in [2.75, 3.05) is 26.7 Å². The number of benzene rings is 1. The van der Waals surface area contributed by atoms with Crippen LogP contribution in [0.1, 0.15) is 55.3 Å². The number of likely N-dealkylation sites (tertiary alicyclic amines) is 1. The van der Waals surface area contributed by atoms with Crippen LogP contribution in [0.2, 0.25) is 0 Å². The fraction of sp³-hybridized carbons (Fsp3) is 0.650. The van der Waals surface area contributed by atoms with E-state index in [4.69, 9.17) is 4.74 Å². The lowest BCUT2D eigenvalue weighted by molar-refractivity contribution is 0.0686. The van der Waals surface area contributed by atoms with E-state index in [1.54, 1.807) is 0 Å². The summed E-state index contributed by atoms with van der Waals surface area (Å²) in [5.41, 5.74) is 0.763. The average molecular weight is 330 g/mol. The van der Waals surface area contributed by atoms with Crippen molar-refractivity contribution >= 4 is 5.91 Å². The lowest BCUT2D eigenvalue weighted by atomic mass is 9.93. The van der Waals surface area contributed by atoms with E-state index in [9.17, 15) is 4.79 Å². The Hall–Kier alpha value is -1.55. The monoisotopic (exact) mass is 330 g/mol. The maximum Gasteiger partial charge on any atom is 0.253 e. The highest BCUT2D eigenvalue weighted by atomic mass is 16.5. The standard InChI is InChI=1S/C20H30N2O2/c1-21-12-9-16-10-13-22(14-11-16)20(23)17-5-4-8-19(15-17)24-18-6-2-3-7-18/h4-5,8,15-16,18,21H,2-3,6-7,9-14H2,1H3. The summed E-state index contributed by atoms with van der Waals surface area (Å²) in [6, 6.07) is 7.75. The van der Waals surface area contributed by atoms with Crippen LogP contribution in [0.25, 0.3) is 0 Å². The fourth-order valence-electron chi connectivity index (χ4n) is 3.86. The SMILES string of the molecule is CNCCC1CCN(C(=O)c2cccc(OC3CCCC3)c2)CC1. The van der Waals surface area contributed by atoms with Crippen LogP contribution in [0.5, 0.6) is 5.75 Å². The smallest absolute Gasteiger partial charge is 0.253 e. The van der Waals surface area contributed by atoms with Gasteiger partial charge in [-0.15, -0.1) is 0 Å². The fourth-order valence-corrected chi connectivity index (χ4v) is 3.86. The highest BCUT2D eigenvalue weighted by molar-refractivity contribution is 5.94. The quantitative estimate of drug-likeness (QED) is 0.868. The van der Waals surface area contributed by atoms with Gasteiger partial charge in [-0.25, -0.2) is 0 Å². The Morgan fingerprint density at radius 3 is 2.67 bits per heavy atom. The number of piperidine rings is 1. The summed E-state index contributed by atoms with van der Waals surface area (Å²) in [6.07, 6.45) is 8.56. The summed E-state index contributed by atoms with van der Waals surface area (Å²) < 4.78 is 6.04. The van der Waals surface area contributed by atoms with E-state index in [0.717, 1.165) is 62.5 Å². The number of nitrogens with zero attached hydrogens (tertiary/aromatic N) is 1. The van der Waals surface area contributed by atoms with Gasteiger partial charge in [-0.1, -0.05) is 6.07 Å². The summed E-state index contributed by atoms with van der Waals surface area (Å²) in [5.74, 6) is 1.74. The molecule has 1 saturated heterocycles. The van der Waals surface area contributed by atoms with Crippen molar-refractivity contribution in [2.45, 2.75) is 51.0 Å². The number of carbonyl (C=O) groups excluding carboxylic acids is 1. The van der Waals surface area contributed by atoms with Crippen molar-refractivity contribution in [1.82, 2.24) is 10.2 Å². The summed E-state index contributed by atoms with van der Waals surface area (Å²) in [7, 11) is 2.00. The third-order valence-electron chi connectivity index (χ3n) is 5.39. The summed E-state index contributed by atoms with van der Waals surface area (Å²) in [4.78, 5) is 14.8. The number of hydrogen-bond donors (Lipinski definition) is 1. The van der Waals surface area contributed by atoms with Crippen molar-refractivity contribution in [3.8, 4) is 5.75 Å². The van der Waals surface area contributed by atoms with Crippen LogP contribution < -0.4 is 10.1 Å². The Bertz CT molecular complexity index is 532. The minimum absolute atomic E-state index is 0.152. The third-order valence-corrected chi connectivity index (χ3v) is 5.39. The molecule has 132 valence electrons. The van der Waals surface area contributed by atoms with E-state index in [2.05, 4.69) is 5.32 Å². The van der Waals surface area contributed by atoms with Crippen LogP contribution in [-0.4, -0.2) is 43.6 Å². The first kappa shape index (κ1) is 17.3. The van der Waals surface area contributed by atoms with Crippen LogP contribution in [0, 0.1) is 5.92 Å². The minimum atomic E-state index is 0.152. The van der Waals surface area contributed by atoms with Crippen LogP contribution in [0.15, 0.2) is 24.3 Å². The van der Waals surface area contributed by atoms with E-state index >= 15 is 0 Å². The van der Waals surface area contributed by atoms with Crippen LogP contribution >= 0.6 is 0 Å². The van der Waals surface area contributed by atoms with Gasteiger partial charge in [-0.3, -0.25) is 4.79 Å². The predicted molar refractivity (Wildman–Crippen MR) is 96.5 cm³/mol. The lowest BCUT2D eigenvalue weighted by Gasteiger charge is -2.32. The van der Waals surface area contributed by atoms with E-state index in [1.165, 1.54) is 19.3 Å². The number of hydrogen-bond acceptors (Lipinski definition) is 3. The normalized spacial score (nSPS) is 19.6. The molecule has 3 rings (SSSR count). The Morgan fingerprint density at radius 2 is 1.96 bits per heavy atom. The van der Waals surface area contributed by atoms with Crippen LogP contribution in [-0.2, 0) is 0 Å². The van der Waals surface area contributed by atoms with E-state index in [0.29, 0.717) is 6.10 Å². The molecule has 24 heavy (non-hydrogen) atoms. The Kier molecular flexibility index (Phi) is 6.13. The molecule has 1 aromatic carbocycles. The van der Waals surface area contributed by atoms with Crippen LogP contribution in [0.3, 0.4) is 0 Å². The molecule has 0 atom stereocenters. The topological polar surface area (TPSA) is 41.6 Å². The summed E-state index contributed by atoms with van der Waals surface area (Å²) in [6.45, 7) is 2.82. The molecule has 1 saturated carbocycles. The summed E-state index contributed by atoms with van der Waals surface area (Å²) in [5, 5.41) is 3.22. The highest BCUT2D eigenvalue weighted by Gasteiger charge is 2.24. The lowest BCUT2D eigenvalue weighted by Crippen LogP contribution is -2.39. The van der Waals surface area contributed by atoms with Gasteiger partial charge in [-0.05, 0) is 82.7 Å². The van der Waals surface area contributed by atoms with Crippen molar-refractivity contribution in [3.63, 3.8) is 0 Å². The molecule has 1 aromatic rings. The van der Waals surface area contributed by atoms with Crippen molar-refractivity contribution in [1.29, 1.82) is 0 Å². The van der Waals surface area contributed by atoms with E-state index < -0.39 is 0 Å². The zero-order valence-electron chi connectivity index (χ0n) is 14.8. The number of nitrogens with one attached hydrogen (secondary N) is 1. The molecule has 2 fully saturated rings. The molecule has 1 heterocycles. The Morgan fingerprint density at radius 1 is 1.21 bits per heavy atom. The molecule has 0 radical (unpaired) electrons. The molecule has 0 bridgehead atoms. The summed E-state index contributed by atoms with van der Waals surface area (Å²) >= 11 is 0. The molecule has 4 nitrogen and oxygen atoms in total. The number of ether oxygens (including phenoxy) is 1. The van der Waals surface area contributed by atoms with Crippen molar-refractivity contribution < 1.29 is 9.53 Å². The first-order chi connectivity index (χ1) is 11.8. The predicted octanol–water partition coefficient (Wildman–Crippen LogP) is 3.47. The second-order valence-corrected chi connectivity index (χ2v) is 7.18. The van der Waals surface area contributed by atoms with Gasteiger partial charge in [-0.2, -0.15) is 0 Å². The minimum Gasteiger partial charge on any atom is -0.490 e. The molecule has 4 heteroatoms. The molecule has 0 spiro atoms. The largest absolute Gasteiger partial charge is 0.490 e. The molecule has 1 amide bonds. The van der Waals surface area contributed by atoms with Crippen LogP contribution in [0.4, 0.5) is 0 Å². The molecule has 2 aliphatic rings. The Balaban J connectivity index is 1.55. The number of amides is 1. The number of rotatable bonds is 6. The van der Waals surface area contributed by atoms with Gasteiger partial charge >= 0.3 is 0 Å². The van der Waals surface area contributed by atoms with Gasteiger partial charge in [0.2, 0.25) is 0 Å². The van der Waals surface area contributed by atoms with E-state index in [-0.39, 0.29) is 5.91 Å². The van der Waals surface area contributed by atoms with Gasteiger partial charge in [0, 0.05) is 18.7 Å². The zero-order chi connectivity index (χ0) is 16.8. The molecule has 0 unspecified atom stereocenters. The van der Waals surface area contributed by atoms with Gasteiger partial charge in [0.05, 0.1) is 6.10 Å². The number of carbonyl (C=O) groups is 1. The maximum absolute atomic E-state index is 12.8. The first-order valence-corrected chi connectivity index (χ1v) is 9.47. The molecule has 1 aliphatic carbocycles. The zero-order valence-corrected chi connectivity index (χ0v) is 14.8. The molecular formula is C20H30N2O2. The third kappa shape index (κ3) is 4.50. The average Bonchev–Trinajstić information content (AvgIpc) is 3.13. The molecule has 0 aromatic heterocycles. The van der Waals surface area contributed by atoms with Gasteiger partial charge < -0.3 is 15.0 Å². The second-order valence-electron chi connectivity index (χ2n) is 7.18. The highest BCUT2D eigenvalue weighted by Crippen LogP contribution is 2.26. The van der Waals surface area contributed by atoms with Gasteiger partial charge in [0.25, 0.3) is 5.91 Å². The van der Waals surface area contributed by atoms with E-state index in [1.807, 2.05) is 36.2 Å². The van der Waals surface area contributed by atoms with Gasteiger partial charge in [0.1, 0.15) is 5.75 Å². The van der Waals surface area contributed by atoms with Crippen molar-refractivity contribution in [2.24, 2.45) is 5.92 Å². The second kappa shape index (κ2) is 8.52. The van der Waals surface area contributed by atoms with Crippen molar-refractivity contribution in [3.05, 3.63) is 29.8 Å². The Labute approximate surface area is 145 Å². The first-order valence-electron chi connectivity index (χ1n) is 9.47. The molecule has 1 aliphatic heterocycles. The maximum atomic E-state index is 12.8. The molecule has 1 N–H and O–H groups in total. The molecular weight excluding hydrogens is 300 g/mol.